The number of carbonyl (C=O) groups is 1. The van der Waals surface area contributed by atoms with E-state index in [0.717, 1.165) is 42.2 Å². The second-order valence-corrected chi connectivity index (χ2v) is 7.98. The molecule has 0 aliphatic carbocycles. The number of hydrogen-bond donors (Lipinski definition) is 1. The summed E-state index contributed by atoms with van der Waals surface area (Å²) in [5.74, 6) is 0.591. The van der Waals surface area contributed by atoms with Gasteiger partial charge in [0.25, 0.3) is 11.5 Å². The summed E-state index contributed by atoms with van der Waals surface area (Å²) >= 11 is 0. The molecule has 0 spiro atoms. The second kappa shape index (κ2) is 6.93. The van der Waals surface area contributed by atoms with Crippen molar-refractivity contribution in [1.82, 2.24) is 19.8 Å². The van der Waals surface area contributed by atoms with E-state index in [9.17, 15) is 9.59 Å². The normalized spacial score (nSPS) is 20.9. The van der Waals surface area contributed by atoms with Gasteiger partial charge in [0.2, 0.25) is 0 Å². The lowest BCUT2D eigenvalue weighted by molar-refractivity contribution is 0.0780. The van der Waals surface area contributed by atoms with Gasteiger partial charge < -0.3 is 14.8 Å². The van der Waals surface area contributed by atoms with Gasteiger partial charge in [-0.15, -0.1) is 0 Å². The van der Waals surface area contributed by atoms with Crippen LogP contribution in [0.3, 0.4) is 0 Å². The summed E-state index contributed by atoms with van der Waals surface area (Å²) in [5, 5.41) is 3.44. The molecule has 1 amide bonds. The van der Waals surface area contributed by atoms with Crippen molar-refractivity contribution in [3.05, 3.63) is 62.8 Å². The van der Waals surface area contributed by atoms with Crippen LogP contribution >= 0.6 is 0 Å². The van der Waals surface area contributed by atoms with Gasteiger partial charge in [-0.2, -0.15) is 0 Å². The Morgan fingerprint density at radius 1 is 1.30 bits per heavy atom. The molecule has 4 rings (SSSR count). The SMILES string of the molecule is Cc1cc(C)nc(CN(C)C(=O)c2ccc3n(c2=O)C[C@@H]2CNC[C@H]3C2)c1. The van der Waals surface area contributed by atoms with Crippen molar-refractivity contribution < 1.29 is 4.79 Å². The zero-order chi connectivity index (χ0) is 19.1. The van der Waals surface area contributed by atoms with Crippen LogP contribution in [0.15, 0.2) is 29.1 Å². The van der Waals surface area contributed by atoms with Crippen molar-refractivity contribution in [1.29, 1.82) is 0 Å². The number of nitrogens with one attached hydrogen (secondary N) is 1. The Hall–Kier alpha value is -2.47. The third-order valence-corrected chi connectivity index (χ3v) is 5.64. The summed E-state index contributed by atoms with van der Waals surface area (Å²) in [5.41, 5.74) is 4.03. The molecule has 1 N–H and O–H groups in total. The van der Waals surface area contributed by atoms with E-state index in [1.807, 2.05) is 36.6 Å². The molecule has 4 heterocycles. The van der Waals surface area contributed by atoms with Gasteiger partial charge in [0.05, 0.1) is 12.2 Å². The summed E-state index contributed by atoms with van der Waals surface area (Å²) in [4.78, 5) is 32.1. The Labute approximate surface area is 159 Å². The summed E-state index contributed by atoms with van der Waals surface area (Å²) in [6.45, 7) is 6.89. The monoisotopic (exact) mass is 366 g/mol. The minimum Gasteiger partial charge on any atom is -0.336 e. The molecule has 0 radical (unpaired) electrons. The van der Waals surface area contributed by atoms with Gasteiger partial charge in [0.15, 0.2) is 0 Å². The summed E-state index contributed by atoms with van der Waals surface area (Å²) < 4.78 is 1.83. The molecule has 0 aromatic carbocycles. The highest BCUT2D eigenvalue weighted by Crippen LogP contribution is 2.31. The van der Waals surface area contributed by atoms with Gasteiger partial charge in [-0.1, -0.05) is 0 Å². The molecule has 2 aromatic heterocycles. The van der Waals surface area contributed by atoms with Crippen LogP contribution in [-0.2, 0) is 13.1 Å². The molecule has 6 heteroatoms. The lowest BCUT2D eigenvalue weighted by Crippen LogP contribution is -2.46. The van der Waals surface area contributed by atoms with Gasteiger partial charge in [-0.25, -0.2) is 0 Å². The summed E-state index contributed by atoms with van der Waals surface area (Å²) in [7, 11) is 1.73. The van der Waals surface area contributed by atoms with Crippen LogP contribution in [0.1, 0.15) is 45.3 Å². The lowest BCUT2D eigenvalue weighted by Gasteiger charge is -2.37. The number of aromatic nitrogens is 2. The second-order valence-electron chi connectivity index (χ2n) is 7.98. The molecule has 2 atom stereocenters. The number of amides is 1. The number of nitrogens with zero attached hydrogens (tertiary/aromatic N) is 3. The van der Waals surface area contributed by atoms with Crippen molar-refractivity contribution >= 4 is 5.91 Å². The maximum Gasteiger partial charge on any atom is 0.263 e. The van der Waals surface area contributed by atoms with Crippen LogP contribution in [0.4, 0.5) is 0 Å². The van der Waals surface area contributed by atoms with E-state index < -0.39 is 0 Å². The van der Waals surface area contributed by atoms with Crippen LogP contribution in [0, 0.1) is 19.8 Å². The molecule has 0 saturated carbocycles. The Morgan fingerprint density at radius 2 is 2.11 bits per heavy atom. The molecule has 0 unspecified atom stereocenters. The Morgan fingerprint density at radius 3 is 2.89 bits per heavy atom. The zero-order valence-corrected chi connectivity index (χ0v) is 16.2. The Balaban J connectivity index is 1.60. The number of fused-ring (bicyclic) bond motifs is 4. The van der Waals surface area contributed by atoms with Gasteiger partial charge in [-0.05, 0) is 62.6 Å². The van der Waals surface area contributed by atoms with E-state index in [-0.39, 0.29) is 17.0 Å². The number of piperidine rings is 1. The predicted molar refractivity (Wildman–Crippen MR) is 104 cm³/mol. The number of hydrogen-bond acceptors (Lipinski definition) is 4. The standard InChI is InChI=1S/C21H26N4O2/c1-13-6-14(2)23-17(7-13)12-24(3)20(26)18-4-5-19-16-8-15(9-22-10-16)11-25(19)21(18)27/h4-7,15-16,22H,8-12H2,1-3H3/t15-,16+/m0/s1. The molecule has 2 aliphatic heterocycles. The van der Waals surface area contributed by atoms with Gasteiger partial charge >= 0.3 is 0 Å². The Bertz CT molecular complexity index is 929. The number of pyridine rings is 2. The van der Waals surface area contributed by atoms with Gasteiger partial charge in [-0.3, -0.25) is 14.6 Å². The number of carbonyl (C=O) groups excluding carboxylic acids is 1. The van der Waals surface area contributed by atoms with Crippen molar-refractivity contribution in [2.24, 2.45) is 5.92 Å². The van der Waals surface area contributed by atoms with Gasteiger partial charge in [0, 0.05) is 37.4 Å². The third-order valence-electron chi connectivity index (χ3n) is 5.64. The fourth-order valence-corrected chi connectivity index (χ4v) is 4.48. The average molecular weight is 366 g/mol. The van der Waals surface area contributed by atoms with Crippen molar-refractivity contribution in [3.63, 3.8) is 0 Å². The minimum atomic E-state index is -0.245. The van der Waals surface area contributed by atoms with Crippen LogP contribution in [0.25, 0.3) is 0 Å². The van der Waals surface area contributed by atoms with Gasteiger partial charge in [0.1, 0.15) is 5.56 Å². The van der Waals surface area contributed by atoms with Crippen molar-refractivity contribution in [3.8, 4) is 0 Å². The first-order valence-electron chi connectivity index (χ1n) is 9.56. The molecule has 6 nitrogen and oxygen atoms in total. The maximum absolute atomic E-state index is 13.0. The van der Waals surface area contributed by atoms with Crippen LogP contribution < -0.4 is 10.9 Å². The molecule has 2 aliphatic rings. The Kier molecular flexibility index (Phi) is 4.60. The molecule has 1 fully saturated rings. The first kappa shape index (κ1) is 17.9. The molecule has 142 valence electrons. The lowest BCUT2D eigenvalue weighted by atomic mass is 9.84. The molecule has 2 bridgehead atoms. The largest absolute Gasteiger partial charge is 0.336 e. The minimum absolute atomic E-state index is 0.158. The van der Waals surface area contributed by atoms with E-state index in [2.05, 4.69) is 10.3 Å². The number of rotatable bonds is 3. The fraction of sp³-hybridized carbons (Fsp3) is 0.476. The summed E-state index contributed by atoms with van der Waals surface area (Å²) in [6.07, 6.45) is 1.12. The first-order valence-corrected chi connectivity index (χ1v) is 9.56. The third kappa shape index (κ3) is 3.41. The molecule has 27 heavy (non-hydrogen) atoms. The van der Waals surface area contributed by atoms with Crippen LogP contribution in [-0.4, -0.2) is 40.5 Å². The van der Waals surface area contributed by atoms with E-state index in [1.54, 1.807) is 18.0 Å². The maximum atomic E-state index is 13.0. The highest BCUT2D eigenvalue weighted by atomic mass is 16.2. The summed E-state index contributed by atoms with van der Waals surface area (Å²) in [6, 6.07) is 7.65. The molecular weight excluding hydrogens is 340 g/mol. The topological polar surface area (TPSA) is 67.2 Å². The molecule has 1 saturated heterocycles. The fourth-order valence-electron chi connectivity index (χ4n) is 4.48. The van der Waals surface area contributed by atoms with E-state index in [0.29, 0.717) is 24.9 Å². The quantitative estimate of drug-likeness (QED) is 0.900. The predicted octanol–water partition coefficient (Wildman–Crippen LogP) is 1.84. The van der Waals surface area contributed by atoms with Crippen molar-refractivity contribution in [2.75, 3.05) is 20.1 Å². The zero-order valence-electron chi connectivity index (χ0n) is 16.2. The first-order chi connectivity index (χ1) is 12.9. The van der Waals surface area contributed by atoms with E-state index in [4.69, 9.17) is 0 Å². The van der Waals surface area contributed by atoms with Crippen LogP contribution in [0.2, 0.25) is 0 Å². The van der Waals surface area contributed by atoms with Crippen LogP contribution in [0.5, 0.6) is 0 Å². The van der Waals surface area contributed by atoms with E-state index >= 15 is 0 Å². The highest BCUT2D eigenvalue weighted by molar-refractivity contribution is 5.93. The number of aryl methyl sites for hydroxylation is 2. The smallest absolute Gasteiger partial charge is 0.263 e. The molecular formula is C21H26N4O2. The molecule has 2 aromatic rings. The highest BCUT2D eigenvalue weighted by Gasteiger charge is 2.32. The van der Waals surface area contributed by atoms with Crippen molar-refractivity contribution in [2.45, 2.75) is 39.3 Å². The average Bonchev–Trinajstić information content (AvgIpc) is 2.61. The van der Waals surface area contributed by atoms with E-state index in [1.165, 1.54) is 0 Å².